The molecule has 0 radical (unpaired) electrons. The van der Waals surface area contributed by atoms with E-state index in [-0.39, 0.29) is 5.82 Å². The van der Waals surface area contributed by atoms with Crippen LogP contribution in [0.5, 0.6) is 0 Å². The van der Waals surface area contributed by atoms with Gasteiger partial charge in [-0.15, -0.1) is 0 Å². The molecule has 1 aromatic carbocycles. The molecule has 2 aromatic rings. The predicted molar refractivity (Wildman–Crippen MR) is 71.4 cm³/mol. The first-order valence-electron chi connectivity index (χ1n) is 6.67. The lowest BCUT2D eigenvalue weighted by molar-refractivity contribution is 0.0170. The second-order valence-corrected chi connectivity index (χ2v) is 4.98. The molecule has 0 amide bonds. The largest absolute Gasteiger partial charge is 0.370 e. The Kier molecular flexibility index (Phi) is 3.48. The number of piperidine rings is 1. The third-order valence-electron chi connectivity index (χ3n) is 3.67. The molecule has 1 saturated heterocycles. The molecular weight excluding hydrogens is 245 g/mol. The summed E-state index contributed by atoms with van der Waals surface area (Å²) in [5.74, 6) is 0.593. The molecule has 19 heavy (non-hydrogen) atoms. The molecule has 3 rings (SSSR count). The molecule has 0 bridgehead atoms. The molecule has 1 aliphatic rings. The van der Waals surface area contributed by atoms with Crippen LogP contribution < -0.4 is 5.32 Å². The molecule has 0 spiro atoms. The van der Waals surface area contributed by atoms with Crippen LogP contribution in [-0.4, -0.2) is 28.7 Å². The van der Waals surface area contributed by atoms with Crippen LogP contribution in [-0.2, 0) is 18.4 Å². The monoisotopic (exact) mass is 263 g/mol. The van der Waals surface area contributed by atoms with E-state index in [0.29, 0.717) is 18.2 Å². The number of imidazole rings is 1. The maximum Gasteiger partial charge on any atom is 0.135 e. The van der Waals surface area contributed by atoms with Gasteiger partial charge < -0.3 is 14.6 Å². The van der Waals surface area contributed by atoms with Crippen LogP contribution in [0.1, 0.15) is 18.7 Å². The summed E-state index contributed by atoms with van der Waals surface area (Å²) in [5.41, 5.74) is 1.62. The summed E-state index contributed by atoms with van der Waals surface area (Å²) in [5, 5.41) is 3.31. The summed E-state index contributed by atoms with van der Waals surface area (Å²) in [4.78, 5) is 4.44. The Morgan fingerprint density at radius 1 is 1.42 bits per heavy atom. The molecule has 1 fully saturated rings. The third kappa shape index (κ3) is 2.62. The summed E-state index contributed by atoms with van der Waals surface area (Å²) in [6, 6.07) is 4.68. The summed E-state index contributed by atoms with van der Waals surface area (Å²) in [7, 11) is 1.94. The smallest absolute Gasteiger partial charge is 0.135 e. The number of hydrogen-bond acceptors (Lipinski definition) is 3. The van der Waals surface area contributed by atoms with Crippen molar-refractivity contribution in [2.45, 2.75) is 25.6 Å². The third-order valence-corrected chi connectivity index (χ3v) is 3.67. The molecule has 0 aliphatic carbocycles. The zero-order valence-corrected chi connectivity index (χ0v) is 11.0. The van der Waals surface area contributed by atoms with Crippen molar-refractivity contribution in [1.29, 1.82) is 0 Å². The highest BCUT2D eigenvalue weighted by atomic mass is 19.1. The molecule has 0 unspecified atom stereocenters. The number of benzene rings is 1. The van der Waals surface area contributed by atoms with Gasteiger partial charge in [0.25, 0.3) is 0 Å². The van der Waals surface area contributed by atoms with Crippen molar-refractivity contribution < 1.29 is 9.13 Å². The highest BCUT2D eigenvalue weighted by molar-refractivity contribution is 5.75. The van der Waals surface area contributed by atoms with Gasteiger partial charge in [0.05, 0.1) is 17.1 Å². The second-order valence-electron chi connectivity index (χ2n) is 4.98. The van der Waals surface area contributed by atoms with Gasteiger partial charge >= 0.3 is 0 Å². The lowest BCUT2D eigenvalue weighted by Gasteiger charge is -2.22. The van der Waals surface area contributed by atoms with Gasteiger partial charge in [0.1, 0.15) is 18.2 Å². The predicted octanol–water partition coefficient (Wildman–Crippen LogP) is 1.98. The Morgan fingerprint density at radius 3 is 3.00 bits per heavy atom. The molecule has 1 N–H and O–H groups in total. The Balaban J connectivity index is 1.75. The highest BCUT2D eigenvalue weighted by Crippen LogP contribution is 2.18. The number of rotatable bonds is 3. The van der Waals surface area contributed by atoms with E-state index in [9.17, 15) is 4.39 Å². The topological polar surface area (TPSA) is 39.1 Å². The fraction of sp³-hybridized carbons (Fsp3) is 0.500. The van der Waals surface area contributed by atoms with Crippen molar-refractivity contribution >= 4 is 11.0 Å². The highest BCUT2D eigenvalue weighted by Gasteiger charge is 2.15. The fourth-order valence-electron chi connectivity index (χ4n) is 2.51. The fourth-order valence-corrected chi connectivity index (χ4v) is 2.51. The Morgan fingerprint density at radius 2 is 2.21 bits per heavy atom. The van der Waals surface area contributed by atoms with Crippen LogP contribution in [0.25, 0.3) is 11.0 Å². The number of halogens is 1. The van der Waals surface area contributed by atoms with Crippen molar-refractivity contribution in [3.05, 3.63) is 29.8 Å². The average Bonchev–Trinajstić information content (AvgIpc) is 2.74. The van der Waals surface area contributed by atoms with Gasteiger partial charge in [-0.25, -0.2) is 9.37 Å². The average molecular weight is 263 g/mol. The Bertz CT molecular complexity index is 575. The van der Waals surface area contributed by atoms with E-state index in [1.807, 2.05) is 11.6 Å². The van der Waals surface area contributed by atoms with E-state index in [1.165, 1.54) is 12.1 Å². The minimum atomic E-state index is -0.253. The van der Waals surface area contributed by atoms with Crippen LogP contribution in [0.2, 0.25) is 0 Å². The number of nitrogens with one attached hydrogen (secondary N) is 1. The first kappa shape index (κ1) is 12.6. The quantitative estimate of drug-likeness (QED) is 0.920. The van der Waals surface area contributed by atoms with Crippen molar-refractivity contribution in [2.24, 2.45) is 7.05 Å². The molecule has 5 heteroatoms. The number of nitrogens with zero attached hydrogens (tertiary/aromatic N) is 2. The molecule has 4 nitrogen and oxygen atoms in total. The van der Waals surface area contributed by atoms with Crippen molar-refractivity contribution in [3.63, 3.8) is 0 Å². The van der Waals surface area contributed by atoms with Gasteiger partial charge in [-0.2, -0.15) is 0 Å². The normalized spacial score (nSPS) is 17.2. The lowest BCUT2D eigenvalue weighted by atomic mass is 10.1. The number of aromatic nitrogens is 2. The van der Waals surface area contributed by atoms with Crippen molar-refractivity contribution in [2.75, 3.05) is 13.1 Å². The summed E-state index contributed by atoms with van der Waals surface area (Å²) >= 11 is 0. The van der Waals surface area contributed by atoms with Crippen LogP contribution in [0, 0.1) is 5.82 Å². The molecule has 1 aliphatic heterocycles. The van der Waals surface area contributed by atoms with Gasteiger partial charge in [-0.1, -0.05) is 0 Å². The van der Waals surface area contributed by atoms with Gasteiger partial charge in [0.2, 0.25) is 0 Å². The van der Waals surface area contributed by atoms with Crippen molar-refractivity contribution in [3.8, 4) is 0 Å². The summed E-state index contributed by atoms with van der Waals surface area (Å²) in [6.07, 6.45) is 2.38. The van der Waals surface area contributed by atoms with E-state index in [1.54, 1.807) is 6.07 Å². The van der Waals surface area contributed by atoms with Crippen molar-refractivity contribution in [1.82, 2.24) is 14.9 Å². The van der Waals surface area contributed by atoms with Crippen LogP contribution in [0.15, 0.2) is 18.2 Å². The minimum Gasteiger partial charge on any atom is -0.370 e. The number of hydrogen-bond donors (Lipinski definition) is 1. The van der Waals surface area contributed by atoms with Crippen LogP contribution in [0.3, 0.4) is 0 Å². The first-order chi connectivity index (χ1) is 9.24. The Labute approximate surface area is 111 Å². The summed E-state index contributed by atoms with van der Waals surface area (Å²) < 4.78 is 21.0. The standard InChI is InChI=1S/C14H18FN3O/c1-18-13-3-2-10(15)8-12(13)17-14(18)9-19-11-4-6-16-7-5-11/h2-3,8,11,16H,4-7,9H2,1H3. The first-order valence-corrected chi connectivity index (χ1v) is 6.67. The van der Waals surface area contributed by atoms with Gasteiger partial charge in [0.15, 0.2) is 0 Å². The number of ether oxygens (including phenoxy) is 1. The van der Waals surface area contributed by atoms with Gasteiger partial charge in [-0.3, -0.25) is 0 Å². The molecule has 0 saturated carbocycles. The maximum atomic E-state index is 13.2. The SMILES string of the molecule is Cn1c(COC2CCNCC2)nc2cc(F)ccc21. The van der Waals surface area contributed by atoms with E-state index >= 15 is 0 Å². The van der Waals surface area contributed by atoms with Crippen LogP contribution in [0.4, 0.5) is 4.39 Å². The van der Waals surface area contributed by atoms with Gasteiger partial charge in [0, 0.05) is 13.1 Å². The van der Waals surface area contributed by atoms with Crippen LogP contribution >= 0.6 is 0 Å². The Hall–Kier alpha value is -1.46. The minimum absolute atomic E-state index is 0.253. The molecule has 1 aromatic heterocycles. The molecular formula is C14H18FN3O. The summed E-state index contributed by atoms with van der Waals surface area (Å²) in [6.45, 7) is 2.51. The maximum absolute atomic E-state index is 13.2. The lowest BCUT2D eigenvalue weighted by Crippen LogP contribution is -2.32. The van der Waals surface area contributed by atoms with E-state index in [2.05, 4.69) is 10.3 Å². The zero-order chi connectivity index (χ0) is 13.2. The van der Waals surface area contributed by atoms with E-state index in [0.717, 1.165) is 37.3 Å². The molecule has 0 atom stereocenters. The molecule has 102 valence electrons. The van der Waals surface area contributed by atoms with E-state index < -0.39 is 0 Å². The number of aryl methyl sites for hydroxylation is 1. The number of fused-ring (bicyclic) bond motifs is 1. The van der Waals surface area contributed by atoms with Gasteiger partial charge in [-0.05, 0) is 38.1 Å². The second kappa shape index (κ2) is 5.27. The zero-order valence-electron chi connectivity index (χ0n) is 11.0. The van der Waals surface area contributed by atoms with E-state index in [4.69, 9.17) is 4.74 Å². The molecule has 2 heterocycles.